The quantitative estimate of drug-likeness (QED) is 0.0680. The normalized spacial score (nSPS) is 16.1. The molecule has 3 aliphatic heterocycles. The maximum atomic E-state index is 13.8. The predicted molar refractivity (Wildman–Crippen MR) is 270 cm³/mol. The molecule has 0 aliphatic carbocycles. The number of amides is 6. The first-order chi connectivity index (χ1) is 35.0. The molecule has 72 heavy (non-hydrogen) atoms. The number of carbonyl (C=O) groups excluding carboxylic acids is 6. The molecule has 1 atom stereocenters. The number of hydrogen-bond acceptors (Lipinski definition) is 13. The maximum absolute atomic E-state index is 13.8. The fraction of sp³-hybridized carbons (Fsp3) is 0.373. The van der Waals surface area contributed by atoms with Gasteiger partial charge in [-0.15, -0.1) is 0 Å². The van der Waals surface area contributed by atoms with Crippen molar-refractivity contribution in [3.8, 4) is 16.9 Å². The number of piperidine rings is 1. The number of anilines is 3. The molecule has 0 saturated carbocycles. The highest BCUT2D eigenvalue weighted by Gasteiger charge is 2.29. The van der Waals surface area contributed by atoms with Crippen LogP contribution in [0.4, 0.5) is 17.2 Å². The number of ether oxygens (including phenoxy) is 3. The van der Waals surface area contributed by atoms with E-state index in [4.69, 9.17) is 37.4 Å². The van der Waals surface area contributed by atoms with Crippen LogP contribution in [0.25, 0.3) is 16.9 Å². The fourth-order valence-electron chi connectivity index (χ4n) is 8.48. The summed E-state index contributed by atoms with van der Waals surface area (Å²) in [5.74, 6) is -1.21. The molecule has 8 rings (SSSR count). The van der Waals surface area contributed by atoms with Crippen molar-refractivity contribution in [1.82, 2.24) is 34.8 Å². The van der Waals surface area contributed by atoms with Crippen molar-refractivity contribution in [3.63, 3.8) is 0 Å². The molecular weight excluding hydrogens is 968 g/mol. The molecule has 3 saturated heterocycles. The van der Waals surface area contributed by atoms with Gasteiger partial charge in [0.15, 0.2) is 5.69 Å². The van der Waals surface area contributed by atoms with Gasteiger partial charge in [0, 0.05) is 88.0 Å². The van der Waals surface area contributed by atoms with Gasteiger partial charge in [0.05, 0.1) is 79.5 Å². The summed E-state index contributed by atoms with van der Waals surface area (Å²) in [6.45, 7) is 5.74. The maximum Gasteiger partial charge on any atom is 0.274 e. The number of rotatable bonds is 20. The lowest BCUT2D eigenvalue weighted by atomic mass is 10.1. The predicted octanol–water partition coefficient (Wildman–Crippen LogP) is 5.17. The van der Waals surface area contributed by atoms with E-state index in [2.05, 4.69) is 30.9 Å². The van der Waals surface area contributed by atoms with Crippen LogP contribution in [0.2, 0.25) is 10.0 Å². The number of imide groups is 1. The van der Waals surface area contributed by atoms with Crippen molar-refractivity contribution in [2.24, 2.45) is 0 Å². The zero-order valence-electron chi connectivity index (χ0n) is 39.6. The largest absolute Gasteiger partial charge is 0.379 e. The van der Waals surface area contributed by atoms with Gasteiger partial charge in [0.25, 0.3) is 11.8 Å². The summed E-state index contributed by atoms with van der Waals surface area (Å²) in [7, 11) is 0. The molecule has 3 fully saturated rings. The molecule has 3 N–H and O–H groups in total. The Morgan fingerprint density at radius 3 is 1.90 bits per heavy atom. The lowest BCUT2D eigenvalue weighted by Crippen LogP contribution is -2.50. The molecule has 378 valence electrons. The molecule has 3 aromatic carbocycles. The van der Waals surface area contributed by atoms with Crippen LogP contribution in [0.1, 0.15) is 46.5 Å². The minimum Gasteiger partial charge on any atom is -0.379 e. The van der Waals surface area contributed by atoms with Gasteiger partial charge in [0.2, 0.25) is 23.6 Å². The van der Waals surface area contributed by atoms with Crippen LogP contribution in [-0.4, -0.2) is 163 Å². The topological polar surface area (TPSA) is 210 Å². The smallest absolute Gasteiger partial charge is 0.274 e. The Morgan fingerprint density at radius 2 is 1.28 bits per heavy atom. The second-order valence-corrected chi connectivity index (χ2v) is 18.0. The van der Waals surface area contributed by atoms with E-state index in [-0.39, 0.29) is 71.1 Å². The van der Waals surface area contributed by atoms with Crippen molar-refractivity contribution >= 4 is 75.8 Å². The molecule has 21 heteroatoms. The van der Waals surface area contributed by atoms with E-state index in [1.165, 1.54) is 16.8 Å². The number of halogens is 2. The number of hydrogen-bond donors (Lipinski definition) is 3. The molecule has 0 bridgehead atoms. The summed E-state index contributed by atoms with van der Waals surface area (Å²) in [4.78, 5) is 88.6. The summed E-state index contributed by atoms with van der Waals surface area (Å²) < 4.78 is 18.4. The Balaban J connectivity index is 0.683. The summed E-state index contributed by atoms with van der Waals surface area (Å²) in [6.07, 6.45) is 2.87. The van der Waals surface area contributed by atoms with E-state index in [9.17, 15) is 28.8 Å². The Kier molecular flexibility index (Phi) is 17.8. The van der Waals surface area contributed by atoms with E-state index in [1.54, 1.807) is 46.3 Å². The first-order valence-corrected chi connectivity index (χ1v) is 24.7. The van der Waals surface area contributed by atoms with Crippen molar-refractivity contribution in [2.75, 3.05) is 108 Å². The molecular formula is C51H56Cl2N10O9. The standard InChI is InChI=1S/C51H56Cl2N10O9/c52-40-33-41(53)39(32-38(40)42-8-4-5-17-54-42)49(67)56-45-34-44(58-63(45)37-6-2-1-3-7-37)51(69)62-24-22-61(23-25-62)48(66)16-27-71-29-31-72-30-28-70-26-15-47(65)60-20-18-59(19-21-60)36-11-9-35(10-12-36)55-43-13-14-46(64)57-50(43)68/h1-12,17,32-34,43,55H,13-16,18-31H2,(H,56,67)(H,57,64,68). The van der Waals surface area contributed by atoms with Gasteiger partial charge in [-0.25, -0.2) is 4.68 Å². The number of nitrogens with zero attached hydrogens (tertiary/aromatic N) is 7. The Labute approximate surface area is 426 Å². The van der Waals surface area contributed by atoms with Crippen LogP contribution < -0.4 is 20.9 Å². The number of nitrogens with one attached hydrogen (secondary N) is 3. The van der Waals surface area contributed by atoms with E-state index in [0.29, 0.717) is 120 Å². The fourth-order valence-corrected chi connectivity index (χ4v) is 9.04. The SMILES string of the molecule is O=C1CCC(Nc2ccc(N3CCN(C(=O)CCOCCOCCOCCC(=O)N4CCN(C(=O)c5cc(NC(=O)c6cc(-c7ccccn7)c(Cl)cc6Cl)n(-c6ccccc6)n5)CC4)CC3)cc2)C(=O)N1. The minimum absolute atomic E-state index is 0.0433. The molecule has 5 heterocycles. The first-order valence-electron chi connectivity index (χ1n) is 23.9. The number of para-hydroxylation sites is 1. The van der Waals surface area contributed by atoms with Gasteiger partial charge < -0.3 is 44.4 Å². The minimum atomic E-state index is -0.533. The number of aromatic nitrogens is 3. The van der Waals surface area contributed by atoms with Gasteiger partial charge in [-0.05, 0) is 67.1 Å². The van der Waals surface area contributed by atoms with Crippen LogP contribution in [0.15, 0.2) is 97.2 Å². The van der Waals surface area contributed by atoms with Crippen molar-refractivity contribution in [3.05, 3.63) is 118 Å². The lowest BCUT2D eigenvalue weighted by Gasteiger charge is -2.36. The highest BCUT2D eigenvalue weighted by molar-refractivity contribution is 6.38. The van der Waals surface area contributed by atoms with E-state index >= 15 is 0 Å². The Bertz CT molecular complexity index is 2700. The number of benzene rings is 3. The third-order valence-electron chi connectivity index (χ3n) is 12.4. The van der Waals surface area contributed by atoms with Gasteiger partial charge in [-0.3, -0.25) is 39.1 Å². The number of pyridine rings is 1. The van der Waals surface area contributed by atoms with Gasteiger partial charge in [0.1, 0.15) is 11.9 Å². The van der Waals surface area contributed by atoms with Gasteiger partial charge >= 0.3 is 0 Å². The Hall–Kier alpha value is -6.90. The first kappa shape index (κ1) is 51.5. The molecule has 6 amide bonds. The third-order valence-corrected chi connectivity index (χ3v) is 13.1. The zero-order chi connectivity index (χ0) is 50.4. The molecule has 2 aromatic heterocycles. The number of piperazine rings is 2. The van der Waals surface area contributed by atoms with Crippen LogP contribution in [0.5, 0.6) is 0 Å². The third kappa shape index (κ3) is 13.5. The van der Waals surface area contributed by atoms with E-state index < -0.39 is 11.9 Å². The second-order valence-electron chi connectivity index (χ2n) is 17.2. The Morgan fingerprint density at radius 1 is 0.667 bits per heavy atom. The molecule has 3 aliphatic rings. The van der Waals surface area contributed by atoms with Crippen molar-refractivity contribution in [1.29, 1.82) is 0 Å². The summed E-state index contributed by atoms with van der Waals surface area (Å²) in [5, 5.41) is 13.5. The van der Waals surface area contributed by atoms with Crippen LogP contribution >= 0.6 is 23.2 Å². The van der Waals surface area contributed by atoms with Crippen LogP contribution in [0.3, 0.4) is 0 Å². The highest BCUT2D eigenvalue weighted by Crippen LogP contribution is 2.33. The van der Waals surface area contributed by atoms with Gasteiger partial charge in [-0.2, -0.15) is 5.10 Å². The van der Waals surface area contributed by atoms with Gasteiger partial charge in [-0.1, -0.05) is 47.5 Å². The molecule has 19 nitrogen and oxygen atoms in total. The van der Waals surface area contributed by atoms with E-state index in [1.807, 2.05) is 53.4 Å². The van der Waals surface area contributed by atoms with Crippen LogP contribution in [-0.2, 0) is 33.4 Å². The average Bonchev–Trinajstić information content (AvgIpc) is 3.82. The molecule has 0 radical (unpaired) electrons. The zero-order valence-corrected chi connectivity index (χ0v) is 41.1. The summed E-state index contributed by atoms with van der Waals surface area (Å²) in [6, 6.07) is 26.4. The monoisotopic (exact) mass is 1020 g/mol. The highest BCUT2D eigenvalue weighted by atomic mass is 35.5. The van der Waals surface area contributed by atoms with Crippen molar-refractivity contribution < 1.29 is 43.0 Å². The van der Waals surface area contributed by atoms with E-state index in [0.717, 1.165) is 11.4 Å². The van der Waals surface area contributed by atoms with Crippen LogP contribution in [0, 0.1) is 0 Å². The lowest BCUT2D eigenvalue weighted by molar-refractivity contribution is -0.135. The number of carbonyl (C=O) groups is 6. The second kappa shape index (κ2) is 25.0. The molecule has 5 aromatic rings. The molecule has 0 spiro atoms. The molecule has 1 unspecified atom stereocenters. The summed E-state index contributed by atoms with van der Waals surface area (Å²) in [5.41, 5.74) is 3.85. The summed E-state index contributed by atoms with van der Waals surface area (Å²) >= 11 is 13.0. The average molecular weight is 1020 g/mol. The van der Waals surface area contributed by atoms with Crippen molar-refractivity contribution in [2.45, 2.75) is 31.7 Å².